The van der Waals surface area contributed by atoms with Gasteiger partial charge in [0.1, 0.15) is 0 Å². The quantitative estimate of drug-likeness (QED) is 0.790. The van der Waals surface area contributed by atoms with Crippen LogP contribution in [-0.2, 0) is 4.79 Å². The lowest BCUT2D eigenvalue weighted by molar-refractivity contribution is -0.896. The fraction of sp³-hybridized carbons (Fsp3) is 0.667. The van der Waals surface area contributed by atoms with E-state index in [-0.39, 0.29) is 11.8 Å². The van der Waals surface area contributed by atoms with Crippen molar-refractivity contribution in [2.45, 2.75) is 38.5 Å². The van der Waals surface area contributed by atoms with Crippen LogP contribution >= 0.6 is 0 Å². The summed E-state index contributed by atoms with van der Waals surface area (Å²) in [7, 11) is 0. The predicted octanol–water partition coefficient (Wildman–Crippen LogP) is 1.36. The molecular formula is C24H34N3O2+. The van der Waals surface area contributed by atoms with Crippen molar-refractivity contribution in [1.82, 2.24) is 10.2 Å². The Kier molecular flexibility index (Phi) is 5.10. The fourth-order valence-corrected chi connectivity index (χ4v) is 7.05. The molecule has 0 atom stereocenters. The van der Waals surface area contributed by atoms with Crippen LogP contribution in [0.1, 0.15) is 48.9 Å². The van der Waals surface area contributed by atoms with Crippen LogP contribution in [0, 0.1) is 23.2 Å². The average molecular weight is 397 g/mol. The number of nitrogens with one attached hydrogen (secondary N) is 2. The minimum absolute atomic E-state index is 0.107. The molecule has 5 fully saturated rings. The van der Waals surface area contributed by atoms with Gasteiger partial charge in [-0.15, -0.1) is 0 Å². The third-order valence-electron chi connectivity index (χ3n) is 8.01. The third-order valence-corrected chi connectivity index (χ3v) is 8.01. The number of carbonyl (C=O) groups is 2. The molecule has 2 N–H and O–H groups in total. The third kappa shape index (κ3) is 4.07. The first-order valence-electron chi connectivity index (χ1n) is 11.5. The van der Waals surface area contributed by atoms with E-state index >= 15 is 0 Å². The lowest BCUT2D eigenvalue weighted by Crippen LogP contribution is -3.15. The number of benzene rings is 1. The van der Waals surface area contributed by atoms with Crippen molar-refractivity contribution in [2.75, 3.05) is 39.3 Å². The first-order valence-corrected chi connectivity index (χ1v) is 11.5. The molecule has 5 nitrogen and oxygen atoms in total. The summed E-state index contributed by atoms with van der Waals surface area (Å²) in [6, 6.07) is 9.49. The molecule has 2 amide bonds. The van der Waals surface area contributed by atoms with Gasteiger partial charge in [0.2, 0.25) is 0 Å². The van der Waals surface area contributed by atoms with Crippen molar-refractivity contribution >= 4 is 11.8 Å². The Bertz CT molecular complexity index is 719. The molecular weight excluding hydrogens is 362 g/mol. The summed E-state index contributed by atoms with van der Waals surface area (Å²) in [6.45, 7) is 4.59. The fourth-order valence-electron chi connectivity index (χ4n) is 7.05. The Morgan fingerprint density at radius 1 is 0.966 bits per heavy atom. The first kappa shape index (κ1) is 19.1. The standard InChI is InChI=1S/C24H33N3O2/c28-22(25-17-24-13-18-10-19(14-24)12-20(11-18)15-24)16-26-6-8-27(9-7-26)23(29)21-4-2-1-3-5-21/h1-5,18-20H,6-17H2,(H,25,28)/p+1. The molecule has 4 aliphatic carbocycles. The van der Waals surface area contributed by atoms with Crippen LogP contribution in [0.4, 0.5) is 0 Å². The highest BCUT2D eigenvalue weighted by molar-refractivity contribution is 5.94. The van der Waals surface area contributed by atoms with E-state index in [1.165, 1.54) is 43.4 Å². The van der Waals surface area contributed by atoms with Crippen molar-refractivity contribution in [2.24, 2.45) is 23.2 Å². The summed E-state index contributed by atoms with van der Waals surface area (Å²) in [6.07, 6.45) is 8.36. The highest BCUT2D eigenvalue weighted by Gasteiger charge is 2.50. The normalized spacial score (nSPS) is 33.7. The van der Waals surface area contributed by atoms with E-state index in [4.69, 9.17) is 0 Å². The molecule has 5 heteroatoms. The molecule has 156 valence electrons. The van der Waals surface area contributed by atoms with Gasteiger partial charge >= 0.3 is 0 Å². The summed E-state index contributed by atoms with van der Waals surface area (Å²) < 4.78 is 0. The maximum atomic E-state index is 12.6. The Hall–Kier alpha value is -1.88. The predicted molar refractivity (Wildman–Crippen MR) is 112 cm³/mol. The van der Waals surface area contributed by atoms with Crippen molar-refractivity contribution in [3.63, 3.8) is 0 Å². The maximum Gasteiger partial charge on any atom is 0.275 e. The van der Waals surface area contributed by atoms with Crippen molar-refractivity contribution in [1.29, 1.82) is 0 Å². The molecule has 1 aromatic carbocycles. The number of rotatable bonds is 5. The zero-order valence-electron chi connectivity index (χ0n) is 17.4. The Labute approximate surface area is 173 Å². The van der Waals surface area contributed by atoms with E-state index in [9.17, 15) is 9.59 Å². The highest BCUT2D eigenvalue weighted by atomic mass is 16.2. The smallest absolute Gasteiger partial charge is 0.275 e. The number of hydrogen-bond acceptors (Lipinski definition) is 2. The van der Waals surface area contributed by atoms with Gasteiger partial charge < -0.3 is 15.1 Å². The number of nitrogens with zero attached hydrogens (tertiary/aromatic N) is 1. The van der Waals surface area contributed by atoms with Crippen LogP contribution in [0.5, 0.6) is 0 Å². The number of hydrogen-bond donors (Lipinski definition) is 2. The van der Waals surface area contributed by atoms with Crippen LogP contribution in [0.3, 0.4) is 0 Å². The topological polar surface area (TPSA) is 53.9 Å². The molecule has 6 rings (SSSR count). The van der Waals surface area contributed by atoms with Crippen LogP contribution in [0.25, 0.3) is 0 Å². The van der Waals surface area contributed by atoms with Gasteiger partial charge in [-0.25, -0.2) is 0 Å². The monoisotopic (exact) mass is 396 g/mol. The van der Waals surface area contributed by atoms with Gasteiger partial charge in [0, 0.05) is 12.1 Å². The number of amides is 2. The Morgan fingerprint density at radius 3 is 2.14 bits per heavy atom. The van der Waals surface area contributed by atoms with Crippen LogP contribution in [0.2, 0.25) is 0 Å². The summed E-state index contributed by atoms with van der Waals surface area (Å²) in [5, 5.41) is 3.31. The summed E-state index contributed by atoms with van der Waals surface area (Å²) in [4.78, 5) is 28.4. The zero-order valence-corrected chi connectivity index (χ0v) is 17.4. The Balaban J connectivity index is 1.07. The largest absolute Gasteiger partial charge is 0.351 e. The summed E-state index contributed by atoms with van der Waals surface area (Å²) in [5.74, 6) is 3.09. The van der Waals surface area contributed by atoms with Gasteiger partial charge in [0.15, 0.2) is 6.54 Å². The van der Waals surface area contributed by atoms with Crippen molar-refractivity contribution < 1.29 is 14.5 Å². The van der Waals surface area contributed by atoms with Crippen LogP contribution in [0.15, 0.2) is 30.3 Å². The lowest BCUT2D eigenvalue weighted by Gasteiger charge is -2.56. The van der Waals surface area contributed by atoms with E-state index in [0.717, 1.165) is 56.0 Å². The average Bonchev–Trinajstić information content (AvgIpc) is 2.72. The van der Waals surface area contributed by atoms with Gasteiger partial charge in [-0.05, 0) is 73.8 Å². The highest BCUT2D eigenvalue weighted by Crippen LogP contribution is 2.59. The molecule has 5 aliphatic rings. The molecule has 0 unspecified atom stereocenters. The van der Waals surface area contributed by atoms with Gasteiger partial charge in [0.05, 0.1) is 26.2 Å². The van der Waals surface area contributed by atoms with Gasteiger partial charge in [0.25, 0.3) is 11.8 Å². The van der Waals surface area contributed by atoms with Crippen molar-refractivity contribution in [3.05, 3.63) is 35.9 Å². The molecule has 1 saturated heterocycles. The minimum atomic E-state index is 0.107. The summed E-state index contributed by atoms with van der Waals surface area (Å²) >= 11 is 0. The summed E-state index contributed by atoms with van der Waals surface area (Å²) in [5.41, 5.74) is 1.16. The minimum Gasteiger partial charge on any atom is -0.351 e. The van der Waals surface area contributed by atoms with Crippen molar-refractivity contribution in [3.8, 4) is 0 Å². The van der Waals surface area contributed by atoms with Gasteiger partial charge in [-0.2, -0.15) is 0 Å². The second-order valence-electron chi connectivity index (χ2n) is 10.3. The molecule has 1 heterocycles. The van der Waals surface area contributed by atoms with Gasteiger partial charge in [-0.1, -0.05) is 18.2 Å². The van der Waals surface area contributed by atoms with E-state index in [1.54, 1.807) is 0 Å². The zero-order chi connectivity index (χ0) is 19.8. The van der Waals surface area contributed by atoms with E-state index < -0.39 is 0 Å². The second kappa shape index (κ2) is 7.75. The van der Waals surface area contributed by atoms with Crippen LogP contribution in [-0.4, -0.2) is 56.0 Å². The molecule has 0 spiro atoms. The lowest BCUT2D eigenvalue weighted by atomic mass is 9.49. The molecule has 1 aliphatic heterocycles. The molecule has 29 heavy (non-hydrogen) atoms. The molecule has 0 radical (unpaired) electrons. The molecule has 4 bridgehead atoms. The van der Waals surface area contributed by atoms with E-state index in [2.05, 4.69) is 5.32 Å². The number of piperazine rings is 1. The number of quaternary nitrogens is 1. The second-order valence-corrected chi connectivity index (χ2v) is 10.3. The van der Waals surface area contributed by atoms with Gasteiger partial charge in [-0.3, -0.25) is 9.59 Å². The maximum absolute atomic E-state index is 12.6. The van der Waals surface area contributed by atoms with E-state index in [1.807, 2.05) is 35.2 Å². The van der Waals surface area contributed by atoms with Crippen LogP contribution < -0.4 is 10.2 Å². The first-order chi connectivity index (χ1) is 14.1. The molecule has 0 aromatic heterocycles. The SMILES string of the molecule is O=C(C[NH+]1CCN(C(=O)c2ccccc2)CC1)NCC12CC3CC(CC(C3)C1)C2. The molecule has 1 aromatic rings. The number of carbonyl (C=O) groups excluding carboxylic acids is 2. The Morgan fingerprint density at radius 2 is 1.55 bits per heavy atom. The molecule has 4 saturated carbocycles. The van der Waals surface area contributed by atoms with E-state index in [0.29, 0.717) is 12.0 Å².